The van der Waals surface area contributed by atoms with Crippen molar-refractivity contribution >= 4 is 5.91 Å². The third-order valence-electron chi connectivity index (χ3n) is 4.05. The van der Waals surface area contributed by atoms with Crippen molar-refractivity contribution in [2.24, 2.45) is 5.92 Å². The first-order chi connectivity index (χ1) is 10.1. The van der Waals surface area contributed by atoms with Crippen LogP contribution in [0, 0.1) is 5.92 Å². The summed E-state index contributed by atoms with van der Waals surface area (Å²) < 4.78 is 0. The summed E-state index contributed by atoms with van der Waals surface area (Å²) in [5.74, 6) is 0.739. The molecule has 1 aromatic carbocycles. The highest BCUT2D eigenvalue weighted by Gasteiger charge is 2.26. The fourth-order valence-corrected chi connectivity index (χ4v) is 2.86. The number of amides is 1. The molecular weight excluding hydrogens is 262 g/mol. The van der Waals surface area contributed by atoms with Crippen LogP contribution in [0.25, 0.3) is 0 Å². The Hall–Kier alpha value is -1.39. The van der Waals surface area contributed by atoms with Gasteiger partial charge < -0.3 is 15.5 Å². The Balaban J connectivity index is 2.02. The zero-order valence-electron chi connectivity index (χ0n) is 13.3. The van der Waals surface area contributed by atoms with Gasteiger partial charge in [0.1, 0.15) is 0 Å². The molecule has 0 aliphatic carbocycles. The van der Waals surface area contributed by atoms with Gasteiger partial charge in [0.15, 0.2) is 0 Å². The smallest absolute Gasteiger partial charge is 0.237 e. The summed E-state index contributed by atoms with van der Waals surface area (Å²) >= 11 is 0. The molecule has 0 spiro atoms. The standard InChI is InChI=1S/C17H27N3O/c1-13-9-10-18-15(11-13)17(21)19-16(12-20(2)3)14-7-5-4-6-8-14/h4-8,13,15-16,18H,9-12H2,1-3H3,(H,19,21). The van der Waals surface area contributed by atoms with Crippen molar-refractivity contribution in [1.29, 1.82) is 0 Å². The quantitative estimate of drug-likeness (QED) is 0.868. The third kappa shape index (κ3) is 4.83. The summed E-state index contributed by atoms with van der Waals surface area (Å²) in [5, 5.41) is 6.55. The van der Waals surface area contributed by atoms with E-state index >= 15 is 0 Å². The molecule has 0 bridgehead atoms. The summed E-state index contributed by atoms with van der Waals surface area (Å²) in [7, 11) is 4.06. The maximum atomic E-state index is 12.5. The van der Waals surface area contributed by atoms with Crippen LogP contribution < -0.4 is 10.6 Å². The Morgan fingerprint density at radius 3 is 2.71 bits per heavy atom. The van der Waals surface area contributed by atoms with E-state index in [4.69, 9.17) is 0 Å². The number of piperidine rings is 1. The normalized spacial score (nSPS) is 23.8. The van der Waals surface area contributed by atoms with E-state index in [1.165, 1.54) is 0 Å². The van der Waals surface area contributed by atoms with Crippen molar-refractivity contribution in [3.05, 3.63) is 35.9 Å². The van der Waals surface area contributed by atoms with Crippen LogP contribution in [-0.2, 0) is 4.79 Å². The van der Waals surface area contributed by atoms with Crippen LogP contribution >= 0.6 is 0 Å². The van der Waals surface area contributed by atoms with E-state index in [1.54, 1.807) is 0 Å². The van der Waals surface area contributed by atoms with Gasteiger partial charge in [-0.25, -0.2) is 0 Å². The van der Waals surface area contributed by atoms with Crippen LogP contribution in [0.4, 0.5) is 0 Å². The summed E-state index contributed by atoms with van der Waals surface area (Å²) in [6, 6.07) is 10.2. The average Bonchev–Trinajstić information content (AvgIpc) is 2.47. The number of benzene rings is 1. The molecule has 1 aliphatic heterocycles. The molecular formula is C17H27N3O. The minimum Gasteiger partial charge on any atom is -0.347 e. The van der Waals surface area contributed by atoms with Crippen LogP contribution in [0.1, 0.15) is 31.4 Å². The van der Waals surface area contributed by atoms with Crippen molar-refractivity contribution in [3.63, 3.8) is 0 Å². The van der Waals surface area contributed by atoms with Gasteiger partial charge >= 0.3 is 0 Å². The molecule has 0 radical (unpaired) electrons. The second-order valence-corrected chi connectivity index (χ2v) is 6.37. The summed E-state index contributed by atoms with van der Waals surface area (Å²) in [6.07, 6.45) is 2.08. The number of nitrogens with zero attached hydrogens (tertiary/aromatic N) is 1. The van der Waals surface area contributed by atoms with Gasteiger partial charge in [-0.2, -0.15) is 0 Å². The minimum atomic E-state index is -0.0536. The average molecular weight is 289 g/mol. The Labute approximate surface area is 127 Å². The van der Waals surface area contributed by atoms with Gasteiger partial charge in [-0.05, 0) is 45.0 Å². The molecule has 2 N–H and O–H groups in total. The second kappa shape index (κ2) is 7.57. The highest BCUT2D eigenvalue weighted by Crippen LogP contribution is 2.18. The Morgan fingerprint density at radius 1 is 1.38 bits per heavy atom. The fraction of sp³-hybridized carbons (Fsp3) is 0.588. The Morgan fingerprint density at radius 2 is 2.10 bits per heavy atom. The van der Waals surface area contributed by atoms with Gasteiger partial charge in [0.2, 0.25) is 5.91 Å². The highest BCUT2D eigenvalue weighted by atomic mass is 16.2. The van der Waals surface area contributed by atoms with E-state index in [1.807, 2.05) is 32.3 Å². The molecule has 2 rings (SSSR count). The van der Waals surface area contributed by atoms with Gasteiger partial charge in [-0.3, -0.25) is 4.79 Å². The van der Waals surface area contributed by atoms with Gasteiger partial charge in [-0.15, -0.1) is 0 Å². The predicted octanol–water partition coefficient (Wildman–Crippen LogP) is 1.79. The molecule has 1 heterocycles. The van der Waals surface area contributed by atoms with Crippen molar-refractivity contribution in [3.8, 4) is 0 Å². The largest absolute Gasteiger partial charge is 0.347 e. The molecule has 21 heavy (non-hydrogen) atoms. The summed E-state index contributed by atoms with van der Waals surface area (Å²) in [4.78, 5) is 14.6. The van der Waals surface area contributed by atoms with Gasteiger partial charge in [-0.1, -0.05) is 37.3 Å². The molecule has 116 valence electrons. The van der Waals surface area contributed by atoms with E-state index < -0.39 is 0 Å². The molecule has 3 unspecified atom stereocenters. The lowest BCUT2D eigenvalue weighted by Gasteiger charge is -2.30. The topological polar surface area (TPSA) is 44.4 Å². The molecule has 4 nitrogen and oxygen atoms in total. The summed E-state index contributed by atoms with van der Waals surface area (Å²) in [5.41, 5.74) is 1.16. The number of likely N-dealkylation sites (N-methyl/N-ethyl adjacent to an activating group) is 1. The van der Waals surface area contributed by atoms with Crippen molar-refractivity contribution in [1.82, 2.24) is 15.5 Å². The SMILES string of the molecule is CC1CCNC(C(=O)NC(CN(C)C)c2ccccc2)C1. The van der Waals surface area contributed by atoms with E-state index in [9.17, 15) is 4.79 Å². The minimum absolute atomic E-state index is 0.0349. The molecule has 0 saturated carbocycles. The molecule has 3 atom stereocenters. The Bertz CT molecular complexity index is 447. The zero-order chi connectivity index (χ0) is 15.2. The number of hydrogen-bond acceptors (Lipinski definition) is 3. The predicted molar refractivity (Wildman–Crippen MR) is 86.1 cm³/mol. The second-order valence-electron chi connectivity index (χ2n) is 6.37. The van der Waals surface area contributed by atoms with Crippen LogP contribution in [-0.4, -0.2) is 44.0 Å². The van der Waals surface area contributed by atoms with E-state index in [0.717, 1.165) is 31.5 Å². The maximum absolute atomic E-state index is 12.5. The first kappa shape index (κ1) is 16.0. The van der Waals surface area contributed by atoms with E-state index in [-0.39, 0.29) is 18.0 Å². The van der Waals surface area contributed by atoms with E-state index in [2.05, 4.69) is 34.6 Å². The number of hydrogen-bond donors (Lipinski definition) is 2. The lowest BCUT2D eigenvalue weighted by Crippen LogP contribution is -2.50. The van der Waals surface area contributed by atoms with Crippen molar-refractivity contribution in [2.45, 2.75) is 31.8 Å². The monoisotopic (exact) mass is 289 g/mol. The van der Waals surface area contributed by atoms with Gasteiger partial charge in [0.25, 0.3) is 0 Å². The molecule has 1 amide bonds. The zero-order valence-corrected chi connectivity index (χ0v) is 13.3. The van der Waals surface area contributed by atoms with E-state index in [0.29, 0.717) is 5.92 Å². The van der Waals surface area contributed by atoms with Crippen LogP contribution in [0.15, 0.2) is 30.3 Å². The molecule has 1 saturated heterocycles. The van der Waals surface area contributed by atoms with Crippen molar-refractivity contribution < 1.29 is 4.79 Å². The van der Waals surface area contributed by atoms with Crippen LogP contribution in [0.2, 0.25) is 0 Å². The molecule has 0 aromatic heterocycles. The number of rotatable bonds is 5. The molecule has 1 aliphatic rings. The third-order valence-corrected chi connectivity index (χ3v) is 4.05. The fourth-order valence-electron chi connectivity index (χ4n) is 2.86. The number of nitrogens with one attached hydrogen (secondary N) is 2. The van der Waals surface area contributed by atoms with Gasteiger partial charge in [0.05, 0.1) is 12.1 Å². The van der Waals surface area contributed by atoms with Crippen molar-refractivity contribution in [2.75, 3.05) is 27.2 Å². The lowest BCUT2D eigenvalue weighted by atomic mass is 9.93. The highest BCUT2D eigenvalue weighted by molar-refractivity contribution is 5.82. The molecule has 4 heteroatoms. The first-order valence-electron chi connectivity index (χ1n) is 7.79. The summed E-state index contributed by atoms with van der Waals surface area (Å²) in [6.45, 7) is 3.95. The lowest BCUT2D eigenvalue weighted by molar-refractivity contribution is -0.124. The maximum Gasteiger partial charge on any atom is 0.237 e. The molecule has 1 aromatic rings. The van der Waals surface area contributed by atoms with Gasteiger partial charge in [0, 0.05) is 6.54 Å². The first-order valence-corrected chi connectivity index (χ1v) is 7.79. The molecule has 1 fully saturated rings. The Kier molecular flexibility index (Phi) is 5.76. The number of carbonyl (C=O) groups is 1. The van der Waals surface area contributed by atoms with Crippen LogP contribution in [0.5, 0.6) is 0 Å². The number of carbonyl (C=O) groups excluding carboxylic acids is 1. The van der Waals surface area contributed by atoms with Crippen LogP contribution in [0.3, 0.4) is 0 Å².